The number of rotatable bonds is 6. The highest BCUT2D eigenvalue weighted by molar-refractivity contribution is 7.93. The lowest BCUT2D eigenvalue weighted by Crippen LogP contribution is -2.29. The van der Waals surface area contributed by atoms with Gasteiger partial charge in [-0.1, -0.05) is 0 Å². The quantitative estimate of drug-likeness (QED) is 0.435. The fourth-order valence-corrected chi connectivity index (χ4v) is 3.31. The van der Waals surface area contributed by atoms with Crippen LogP contribution in [0.4, 0.5) is 0 Å². The van der Waals surface area contributed by atoms with Crippen LogP contribution in [0.2, 0.25) is 0 Å². The predicted octanol–water partition coefficient (Wildman–Crippen LogP) is -1.20. The Morgan fingerprint density at radius 2 is 1.73 bits per heavy atom. The molecule has 2 unspecified atom stereocenters. The van der Waals surface area contributed by atoms with Gasteiger partial charge in [0.25, 0.3) is 0 Å². The zero-order chi connectivity index (χ0) is 12.2. The summed E-state index contributed by atoms with van der Waals surface area (Å²) < 4.78 is 21.5. The third-order valence-electron chi connectivity index (χ3n) is 1.25. The maximum atomic E-state index is 11.1. The molecule has 0 spiro atoms. The molecule has 0 aromatic rings. The van der Waals surface area contributed by atoms with Crippen LogP contribution >= 0.6 is 7.60 Å². The molecular formula is C5H9O8PS. The highest BCUT2D eigenvalue weighted by atomic mass is 32.2. The Bertz CT molecular complexity index is 332. The van der Waals surface area contributed by atoms with Crippen molar-refractivity contribution in [3.8, 4) is 0 Å². The first-order valence-corrected chi connectivity index (χ1v) is 6.68. The van der Waals surface area contributed by atoms with E-state index in [2.05, 4.69) is 0 Å². The molecule has 0 amide bonds. The lowest BCUT2D eigenvalue weighted by atomic mass is 10.3. The van der Waals surface area contributed by atoms with Gasteiger partial charge in [-0.3, -0.25) is 18.4 Å². The van der Waals surface area contributed by atoms with Crippen molar-refractivity contribution >= 4 is 30.3 Å². The normalized spacial score (nSPS) is 15.6. The third-order valence-corrected chi connectivity index (χ3v) is 4.61. The fraction of sp³-hybridized carbons (Fsp3) is 0.600. The minimum atomic E-state index is -4.62. The molecular weight excluding hydrogens is 251 g/mol. The Kier molecular flexibility index (Phi) is 5.09. The van der Waals surface area contributed by atoms with E-state index in [0.29, 0.717) is 0 Å². The van der Waals surface area contributed by atoms with Gasteiger partial charge in [0.2, 0.25) is 0 Å². The van der Waals surface area contributed by atoms with E-state index in [0.717, 1.165) is 0 Å². The molecule has 0 aliphatic rings. The van der Waals surface area contributed by atoms with Gasteiger partial charge in [-0.05, 0) is 0 Å². The van der Waals surface area contributed by atoms with E-state index in [9.17, 15) is 18.4 Å². The van der Waals surface area contributed by atoms with Crippen molar-refractivity contribution in [1.82, 2.24) is 0 Å². The summed E-state index contributed by atoms with van der Waals surface area (Å²) in [6.45, 7) is 0. The van der Waals surface area contributed by atoms with E-state index in [1.54, 1.807) is 0 Å². The van der Waals surface area contributed by atoms with E-state index in [4.69, 9.17) is 20.0 Å². The molecule has 2 atom stereocenters. The molecule has 10 heteroatoms. The summed E-state index contributed by atoms with van der Waals surface area (Å²) in [7, 11) is -7.04. The summed E-state index contributed by atoms with van der Waals surface area (Å²) in [5, 5.41) is 15.0. The molecule has 0 aliphatic carbocycles. The smallest absolute Gasteiger partial charge is 0.338 e. The summed E-state index contributed by atoms with van der Waals surface area (Å²) in [5.41, 5.74) is -1.16. The van der Waals surface area contributed by atoms with Gasteiger partial charge in [0.05, 0.1) is 6.42 Å². The van der Waals surface area contributed by atoms with Gasteiger partial charge in [-0.2, -0.15) is 0 Å². The van der Waals surface area contributed by atoms with Crippen LogP contribution in [0, 0.1) is 0 Å². The summed E-state index contributed by atoms with van der Waals surface area (Å²) in [6, 6.07) is 0. The first-order chi connectivity index (χ1) is 6.63. The standard InChI is InChI=1S/C5H9O8PS/c6-4(7)1-3(5(8)9)15(13)2-14(10,11)12/h3H,1-2H2,(H,6,7)(H,8,9)(H2,10,11,12). The SMILES string of the molecule is O=C(O)CC(C(=O)O)S(=O)CP(=O)(O)O. The van der Waals surface area contributed by atoms with Crippen molar-refractivity contribution in [1.29, 1.82) is 0 Å². The van der Waals surface area contributed by atoms with Gasteiger partial charge in [0.1, 0.15) is 10.7 Å². The maximum Gasteiger partial charge on any atom is 0.338 e. The van der Waals surface area contributed by atoms with Crippen molar-refractivity contribution in [3.05, 3.63) is 0 Å². The largest absolute Gasteiger partial charge is 0.481 e. The minimum Gasteiger partial charge on any atom is -0.481 e. The number of hydrogen-bond donors (Lipinski definition) is 4. The lowest BCUT2D eigenvalue weighted by Gasteiger charge is -2.10. The summed E-state index contributed by atoms with van der Waals surface area (Å²) in [4.78, 5) is 37.5. The maximum absolute atomic E-state index is 11.1. The van der Waals surface area contributed by atoms with E-state index >= 15 is 0 Å². The molecule has 0 aromatic heterocycles. The molecule has 0 aliphatic heterocycles. The zero-order valence-electron chi connectivity index (χ0n) is 7.27. The highest BCUT2D eigenvalue weighted by Gasteiger charge is 2.31. The van der Waals surface area contributed by atoms with Crippen LogP contribution < -0.4 is 0 Å². The average Bonchev–Trinajstić information content (AvgIpc) is 1.95. The van der Waals surface area contributed by atoms with Crippen LogP contribution in [-0.4, -0.2) is 46.9 Å². The van der Waals surface area contributed by atoms with Gasteiger partial charge >= 0.3 is 19.5 Å². The van der Waals surface area contributed by atoms with Gasteiger partial charge in [-0.25, -0.2) is 0 Å². The Hall–Kier alpha value is -0.760. The van der Waals surface area contributed by atoms with Crippen molar-refractivity contribution in [3.63, 3.8) is 0 Å². The second-order valence-electron chi connectivity index (χ2n) is 2.60. The molecule has 15 heavy (non-hydrogen) atoms. The molecule has 8 nitrogen and oxygen atoms in total. The highest BCUT2D eigenvalue weighted by Crippen LogP contribution is 2.36. The second-order valence-corrected chi connectivity index (χ2v) is 6.29. The van der Waals surface area contributed by atoms with Crippen LogP contribution in [-0.2, 0) is 25.0 Å². The molecule has 0 rings (SSSR count). The fourth-order valence-electron chi connectivity index (χ4n) is 0.707. The Balaban J connectivity index is 4.64. The number of carboxylic acids is 2. The lowest BCUT2D eigenvalue weighted by molar-refractivity contribution is -0.143. The summed E-state index contributed by atoms with van der Waals surface area (Å²) >= 11 is 0. The van der Waals surface area contributed by atoms with E-state index in [-0.39, 0.29) is 0 Å². The summed E-state index contributed by atoms with van der Waals surface area (Å²) in [5.74, 6) is -3.16. The van der Waals surface area contributed by atoms with E-state index in [1.807, 2.05) is 0 Å². The first kappa shape index (κ1) is 14.2. The number of carboxylic acid groups (broad SMARTS) is 2. The van der Waals surface area contributed by atoms with Crippen LogP contribution in [0.3, 0.4) is 0 Å². The molecule has 0 heterocycles. The van der Waals surface area contributed by atoms with Crippen LogP contribution in [0.5, 0.6) is 0 Å². The monoisotopic (exact) mass is 260 g/mol. The minimum absolute atomic E-state index is 0.943. The van der Waals surface area contributed by atoms with Crippen molar-refractivity contribution in [2.75, 3.05) is 5.49 Å². The molecule has 0 saturated heterocycles. The molecule has 0 aromatic carbocycles. The number of carbonyl (C=O) groups is 2. The Morgan fingerprint density at radius 3 is 2.00 bits per heavy atom. The topological polar surface area (TPSA) is 149 Å². The Morgan fingerprint density at radius 1 is 1.27 bits per heavy atom. The average molecular weight is 260 g/mol. The second kappa shape index (κ2) is 5.36. The van der Waals surface area contributed by atoms with Gasteiger partial charge in [0.15, 0.2) is 0 Å². The molecule has 0 fully saturated rings. The van der Waals surface area contributed by atoms with Gasteiger partial charge < -0.3 is 20.0 Å². The zero-order valence-corrected chi connectivity index (χ0v) is 8.98. The molecule has 0 bridgehead atoms. The summed E-state index contributed by atoms with van der Waals surface area (Å²) in [6.07, 6.45) is -0.943. The van der Waals surface area contributed by atoms with Crippen LogP contribution in [0.15, 0.2) is 0 Å². The Labute approximate surface area is 86.5 Å². The molecule has 4 N–H and O–H groups in total. The van der Waals surface area contributed by atoms with Crippen LogP contribution in [0.25, 0.3) is 0 Å². The number of hydrogen-bond acceptors (Lipinski definition) is 4. The molecule has 0 radical (unpaired) electrons. The van der Waals surface area contributed by atoms with Crippen LogP contribution in [0.1, 0.15) is 6.42 Å². The molecule has 0 saturated carbocycles. The predicted molar refractivity (Wildman–Crippen MR) is 48.7 cm³/mol. The number of aliphatic carboxylic acids is 2. The van der Waals surface area contributed by atoms with Crippen molar-refractivity contribution in [2.45, 2.75) is 11.7 Å². The van der Waals surface area contributed by atoms with Crippen molar-refractivity contribution in [2.24, 2.45) is 0 Å². The van der Waals surface area contributed by atoms with Gasteiger partial charge in [0, 0.05) is 10.8 Å². The molecule has 88 valence electrons. The van der Waals surface area contributed by atoms with E-state index in [1.165, 1.54) is 0 Å². The van der Waals surface area contributed by atoms with Gasteiger partial charge in [-0.15, -0.1) is 0 Å². The third kappa shape index (κ3) is 6.34. The van der Waals surface area contributed by atoms with E-state index < -0.39 is 47.5 Å². The van der Waals surface area contributed by atoms with Crippen molar-refractivity contribution < 1.29 is 38.4 Å². The first-order valence-electron chi connectivity index (χ1n) is 3.50.